The Hall–Kier alpha value is -1.89. The minimum atomic E-state index is -3.17. The van der Waals surface area contributed by atoms with E-state index in [1.54, 1.807) is 18.2 Å². The van der Waals surface area contributed by atoms with Gasteiger partial charge in [-0.2, -0.15) is 0 Å². The average molecular weight is 311 g/mol. The van der Waals surface area contributed by atoms with Crippen LogP contribution in [0, 0.1) is 0 Å². The second kappa shape index (κ2) is 5.85. The molecule has 0 saturated carbocycles. The first kappa shape index (κ1) is 15.5. The quantitative estimate of drug-likeness (QED) is 0.769. The van der Waals surface area contributed by atoms with Crippen LogP contribution in [0.15, 0.2) is 24.3 Å². The van der Waals surface area contributed by atoms with Crippen molar-refractivity contribution in [1.82, 2.24) is 4.90 Å². The number of hydrogen-bond donors (Lipinski definition) is 0. The summed E-state index contributed by atoms with van der Waals surface area (Å²) in [5, 5.41) is -0.535. The van der Waals surface area contributed by atoms with E-state index in [9.17, 15) is 18.0 Å². The van der Waals surface area contributed by atoms with Crippen LogP contribution in [0.4, 0.5) is 0 Å². The van der Waals surface area contributed by atoms with Crippen LogP contribution in [0.5, 0.6) is 0 Å². The predicted molar refractivity (Wildman–Crippen MR) is 76.9 cm³/mol. The Morgan fingerprint density at radius 1 is 1.24 bits per heavy atom. The van der Waals surface area contributed by atoms with Crippen molar-refractivity contribution in [2.75, 3.05) is 26.5 Å². The van der Waals surface area contributed by atoms with Crippen LogP contribution in [0.3, 0.4) is 0 Å². The number of sulfone groups is 1. The molecule has 2 rings (SSSR count). The van der Waals surface area contributed by atoms with E-state index < -0.39 is 21.1 Å². The summed E-state index contributed by atoms with van der Waals surface area (Å²) in [6.07, 6.45) is 1.60. The van der Waals surface area contributed by atoms with Crippen LogP contribution < -0.4 is 0 Å². The molecule has 1 fully saturated rings. The van der Waals surface area contributed by atoms with Crippen LogP contribution in [0.2, 0.25) is 0 Å². The van der Waals surface area contributed by atoms with E-state index in [0.29, 0.717) is 13.0 Å². The number of ether oxygens (including phenoxy) is 1. The molecule has 0 bridgehead atoms. The number of methoxy groups -OCH3 is 1. The van der Waals surface area contributed by atoms with Crippen LogP contribution in [0.25, 0.3) is 0 Å². The number of likely N-dealkylation sites (tertiary alicyclic amines) is 1. The smallest absolute Gasteiger partial charge is 0.338 e. The predicted octanol–water partition coefficient (Wildman–Crippen LogP) is 0.732. The summed E-state index contributed by atoms with van der Waals surface area (Å²) < 4.78 is 27.8. The van der Waals surface area contributed by atoms with Crippen LogP contribution >= 0.6 is 0 Å². The number of nitrogens with zero attached hydrogens (tertiary/aromatic N) is 1. The third-order valence-corrected chi connectivity index (χ3v) is 5.20. The van der Waals surface area contributed by atoms with E-state index in [1.807, 2.05) is 0 Å². The molecule has 21 heavy (non-hydrogen) atoms. The van der Waals surface area contributed by atoms with Gasteiger partial charge in [-0.1, -0.05) is 12.1 Å². The molecule has 114 valence electrons. The Morgan fingerprint density at radius 2 is 1.86 bits per heavy atom. The normalized spacial score (nSPS) is 18.6. The van der Waals surface area contributed by atoms with Crippen molar-refractivity contribution in [3.05, 3.63) is 35.4 Å². The summed E-state index contributed by atoms with van der Waals surface area (Å²) in [5.74, 6) is -0.931. The lowest BCUT2D eigenvalue weighted by atomic mass is 10.1. The molecule has 0 radical (unpaired) electrons. The maximum atomic E-state index is 12.5. The topological polar surface area (TPSA) is 80.8 Å². The highest BCUT2D eigenvalue weighted by Crippen LogP contribution is 2.20. The van der Waals surface area contributed by atoms with Gasteiger partial charge in [-0.3, -0.25) is 4.79 Å². The molecular weight excluding hydrogens is 294 g/mol. The van der Waals surface area contributed by atoms with Crippen molar-refractivity contribution in [3.8, 4) is 0 Å². The second-order valence-corrected chi connectivity index (χ2v) is 7.35. The first-order valence-electron chi connectivity index (χ1n) is 6.50. The minimum absolute atomic E-state index is 0.160. The Morgan fingerprint density at radius 3 is 2.38 bits per heavy atom. The highest BCUT2D eigenvalue weighted by Gasteiger charge is 2.34. The summed E-state index contributed by atoms with van der Waals surface area (Å²) in [5.41, 5.74) is 0.423. The van der Waals surface area contributed by atoms with Crippen LogP contribution in [-0.4, -0.2) is 56.9 Å². The maximum Gasteiger partial charge on any atom is 0.338 e. The molecule has 1 aromatic rings. The van der Waals surface area contributed by atoms with Gasteiger partial charge in [-0.15, -0.1) is 0 Å². The Kier molecular flexibility index (Phi) is 4.32. The highest BCUT2D eigenvalue weighted by atomic mass is 32.2. The zero-order valence-corrected chi connectivity index (χ0v) is 12.7. The van der Waals surface area contributed by atoms with Gasteiger partial charge in [-0.05, 0) is 18.6 Å². The van der Waals surface area contributed by atoms with E-state index in [-0.39, 0.29) is 23.6 Å². The van der Waals surface area contributed by atoms with Gasteiger partial charge in [0.1, 0.15) is 0 Å². The summed E-state index contributed by atoms with van der Waals surface area (Å²) in [4.78, 5) is 25.6. The fourth-order valence-corrected chi connectivity index (χ4v) is 3.37. The molecule has 0 aromatic heterocycles. The Bertz CT molecular complexity index is 668. The molecule has 1 heterocycles. The molecule has 1 atom stereocenters. The molecule has 7 heteroatoms. The lowest BCUT2D eigenvalue weighted by molar-refractivity contribution is 0.0592. The number of amides is 1. The fourth-order valence-electron chi connectivity index (χ4n) is 2.39. The number of hydrogen-bond acceptors (Lipinski definition) is 5. The van der Waals surface area contributed by atoms with Gasteiger partial charge >= 0.3 is 5.97 Å². The number of carbonyl (C=O) groups is 2. The lowest BCUT2D eigenvalue weighted by Gasteiger charge is -2.17. The van der Waals surface area contributed by atoms with E-state index in [0.717, 1.165) is 0 Å². The standard InChI is InChI=1S/C14H17NO5S/c1-20-14(17)12-6-4-3-5-11(12)13(16)15-8-7-10(9-15)21(2,18)19/h3-6,10H,7-9H2,1-2H3. The average Bonchev–Trinajstić information content (AvgIpc) is 2.95. The summed E-state index contributed by atoms with van der Waals surface area (Å²) in [6, 6.07) is 6.36. The van der Waals surface area contributed by atoms with E-state index in [1.165, 1.54) is 24.3 Å². The van der Waals surface area contributed by atoms with E-state index in [2.05, 4.69) is 4.74 Å². The van der Waals surface area contributed by atoms with Gasteiger partial charge in [-0.25, -0.2) is 13.2 Å². The molecular formula is C14H17NO5S. The van der Waals surface area contributed by atoms with Gasteiger partial charge in [0.25, 0.3) is 5.91 Å². The molecule has 1 amide bonds. The van der Waals surface area contributed by atoms with Gasteiger partial charge in [0.05, 0.1) is 23.5 Å². The second-order valence-electron chi connectivity index (χ2n) is 5.03. The molecule has 1 unspecified atom stereocenters. The highest BCUT2D eigenvalue weighted by molar-refractivity contribution is 7.91. The molecule has 0 N–H and O–H groups in total. The monoisotopic (exact) mass is 311 g/mol. The molecule has 1 aliphatic rings. The van der Waals surface area contributed by atoms with E-state index >= 15 is 0 Å². The van der Waals surface area contributed by atoms with Crippen LogP contribution in [-0.2, 0) is 14.6 Å². The van der Waals surface area contributed by atoms with Gasteiger partial charge in [0.15, 0.2) is 9.84 Å². The van der Waals surface area contributed by atoms with E-state index in [4.69, 9.17) is 0 Å². The van der Waals surface area contributed by atoms with Crippen molar-refractivity contribution in [1.29, 1.82) is 0 Å². The third-order valence-electron chi connectivity index (χ3n) is 3.60. The van der Waals surface area contributed by atoms with Crippen LogP contribution in [0.1, 0.15) is 27.1 Å². The first-order chi connectivity index (χ1) is 9.84. The summed E-state index contributed by atoms with van der Waals surface area (Å²) in [6.45, 7) is 0.527. The largest absolute Gasteiger partial charge is 0.465 e. The van der Waals surface area contributed by atoms with Crippen molar-refractivity contribution >= 4 is 21.7 Å². The van der Waals surface area contributed by atoms with Gasteiger partial charge in [0.2, 0.25) is 0 Å². The Balaban J connectivity index is 2.25. The van der Waals surface area contributed by atoms with Crippen molar-refractivity contribution in [2.24, 2.45) is 0 Å². The summed E-state index contributed by atoms with van der Waals surface area (Å²) >= 11 is 0. The molecule has 6 nitrogen and oxygen atoms in total. The van der Waals surface area contributed by atoms with Gasteiger partial charge < -0.3 is 9.64 Å². The zero-order chi connectivity index (χ0) is 15.6. The summed E-state index contributed by atoms with van der Waals surface area (Å²) in [7, 11) is -1.92. The fraction of sp³-hybridized carbons (Fsp3) is 0.429. The number of rotatable bonds is 3. The minimum Gasteiger partial charge on any atom is -0.465 e. The van der Waals surface area contributed by atoms with Crippen molar-refractivity contribution in [2.45, 2.75) is 11.7 Å². The lowest BCUT2D eigenvalue weighted by Crippen LogP contribution is -2.32. The maximum absolute atomic E-state index is 12.5. The number of esters is 1. The first-order valence-corrected chi connectivity index (χ1v) is 8.45. The molecule has 0 spiro atoms. The van der Waals surface area contributed by atoms with Crippen molar-refractivity contribution in [3.63, 3.8) is 0 Å². The SMILES string of the molecule is COC(=O)c1ccccc1C(=O)N1CCC(S(C)(=O)=O)C1. The number of benzene rings is 1. The molecule has 1 saturated heterocycles. The van der Waals surface area contributed by atoms with Gasteiger partial charge in [0, 0.05) is 19.3 Å². The molecule has 1 aromatic carbocycles. The van der Waals surface area contributed by atoms with Crippen molar-refractivity contribution < 1.29 is 22.7 Å². The zero-order valence-electron chi connectivity index (χ0n) is 11.9. The number of carbonyl (C=O) groups excluding carboxylic acids is 2. The Labute approximate surface area is 123 Å². The molecule has 0 aliphatic carbocycles. The third kappa shape index (κ3) is 3.24. The molecule has 1 aliphatic heterocycles.